The van der Waals surface area contributed by atoms with Gasteiger partial charge in [0.2, 0.25) is 0 Å². The molecule has 0 spiro atoms. The number of aryl methyl sites for hydroxylation is 1. The topological polar surface area (TPSA) is 62.9 Å². The molecule has 114 valence electrons. The average Bonchev–Trinajstić information content (AvgIpc) is 3.02. The van der Waals surface area contributed by atoms with Gasteiger partial charge in [-0.05, 0) is 36.6 Å². The molecule has 1 unspecified atom stereocenters. The Hall–Kier alpha value is -2.32. The second-order valence-corrected chi connectivity index (χ2v) is 5.68. The summed E-state index contributed by atoms with van der Waals surface area (Å²) in [5.41, 5.74) is 1.69. The van der Waals surface area contributed by atoms with Crippen LogP contribution in [0.2, 0.25) is 0 Å². The van der Waals surface area contributed by atoms with E-state index < -0.39 is 0 Å². The summed E-state index contributed by atoms with van der Waals surface area (Å²) in [6.45, 7) is 2.78. The molecule has 1 aromatic heterocycles. The van der Waals surface area contributed by atoms with Crippen LogP contribution in [0.3, 0.4) is 0 Å². The fraction of sp³-hybridized carbons (Fsp3) is 0.412. The van der Waals surface area contributed by atoms with Crippen molar-refractivity contribution in [3.05, 3.63) is 47.5 Å². The Morgan fingerprint density at radius 3 is 3.23 bits per heavy atom. The zero-order chi connectivity index (χ0) is 15.4. The third kappa shape index (κ3) is 3.12. The van der Waals surface area contributed by atoms with Crippen LogP contribution in [-0.2, 0) is 19.5 Å². The second kappa shape index (κ2) is 6.63. The summed E-state index contributed by atoms with van der Waals surface area (Å²) in [6.07, 6.45) is 6.17. The maximum Gasteiger partial charge on any atom is 0.136 e. The largest absolute Gasteiger partial charge is 0.495 e. The molecular formula is C17H20N4O. The van der Waals surface area contributed by atoms with E-state index in [1.165, 1.54) is 12.2 Å². The number of hydrogen-bond donors (Lipinski definition) is 1. The number of imidazole rings is 1. The van der Waals surface area contributed by atoms with Crippen molar-refractivity contribution in [2.24, 2.45) is 5.92 Å². The molecular weight excluding hydrogens is 276 g/mol. The van der Waals surface area contributed by atoms with Gasteiger partial charge in [-0.25, -0.2) is 4.98 Å². The van der Waals surface area contributed by atoms with Crippen molar-refractivity contribution in [2.75, 3.05) is 13.7 Å². The molecule has 0 amide bonds. The van der Waals surface area contributed by atoms with Gasteiger partial charge in [-0.15, -0.1) is 0 Å². The van der Waals surface area contributed by atoms with Crippen molar-refractivity contribution in [3.8, 4) is 11.8 Å². The first kappa shape index (κ1) is 14.6. The van der Waals surface area contributed by atoms with E-state index in [0.29, 0.717) is 17.2 Å². The van der Waals surface area contributed by atoms with Gasteiger partial charge < -0.3 is 14.6 Å². The van der Waals surface area contributed by atoms with Gasteiger partial charge in [0.25, 0.3) is 0 Å². The van der Waals surface area contributed by atoms with Gasteiger partial charge in [-0.3, -0.25) is 0 Å². The Kier molecular flexibility index (Phi) is 4.40. The van der Waals surface area contributed by atoms with Crippen molar-refractivity contribution < 1.29 is 4.74 Å². The SMILES string of the molecule is COc1ccc(CNCC2CCc3nccn3C2)cc1C#N. The van der Waals surface area contributed by atoms with Crippen LogP contribution >= 0.6 is 0 Å². The Morgan fingerprint density at radius 1 is 1.50 bits per heavy atom. The molecule has 0 fully saturated rings. The lowest BCUT2D eigenvalue weighted by Gasteiger charge is -2.24. The van der Waals surface area contributed by atoms with Crippen LogP contribution in [0.4, 0.5) is 0 Å². The molecule has 3 rings (SSSR count). The zero-order valence-electron chi connectivity index (χ0n) is 12.7. The molecule has 0 saturated carbocycles. The molecule has 5 nitrogen and oxygen atoms in total. The number of ether oxygens (including phenoxy) is 1. The van der Waals surface area contributed by atoms with Gasteiger partial charge in [0.05, 0.1) is 12.7 Å². The Bertz CT molecular complexity index is 686. The summed E-state index contributed by atoms with van der Waals surface area (Å²) in [7, 11) is 1.58. The van der Waals surface area contributed by atoms with Gasteiger partial charge in [0, 0.05) is 31.9 Å². The van der Waals surface area contributed by atoms with E-state index in [0.717, 1.165) is 31.6 Å². The predicted octanol–water partition coefficient (Wildman–Crippen LogP) is 2.12. The van der Waals surface area contributed by atoms with Crippen molar-refractivity contribution in [2.45, 2.75) is 25.9 Å². The van der Waals surface area contributed by atoms with E-state index in [9.17, 15) is 0 Å². The van der Waals surface area contributed by atoms with Crippen LogP contribution in [-0.4, -0.2) is 23.2 Å². The van der Waals surface area contributed by atoms with E-state index >= 15 is 0 Å². The highest BCUT2D eigenvalue weighted by Gasteiger charge is 2.18. The second-order valence-electron chi connectivity index (χ2n) is 5.68. The van der Waals surface area contributed by atoms with Gasteiger partial charge in [-0.2, -0.15) is 5.26 Å². The number of nitrogens with zero attached hydrogens (tertiary/aromatic N) is 3. The molecule has 1 aliphatic heterocycles. The van der Waals surface area contributed by atoms with Gasteiger partial charge in [-0.1, -0.05) is 6.07 Å². The first-order chi connectivity index (χ1) is 10.8. The number of hydrogen-bond acceptors (Lipinski definition) is 4. The van der Waals surface area contributed by atoms with Crippen LogP contribution in [0, 0.1) is 17.2 Å². The van der Waals surface area contributed by atoms with Crippen molar-refractivity contribution in [3.63, 3.8) is 0 Å². The molecule has 1 atom stereocenters. The normalized spacial score (nSPS) is 16.8. The third-order valence-electron chi connectivity index (χ3n) is 4.18. The minimum absolute atomic E-state index is 0.586. The maximum absolute atomic E-state index is 9.12. The summed E-state index contributed by atoms with van der Waals surface area (Å²) in [6, 6.07) is 7.92. The number of fused-ring (bicyclic) bond motifs is 1. The quantitative estimate of drug-likeness (QED) is 0.918. The highest BCUT2D eigenvalue weighted by Crippen LogP contribution is 2.20. The summed E-state index contributed by atoms with van der Waals surface area (Å²) in [4.78, 5) is 4.35. The lowest BCUT2D eigenvalue weighted by molar-refractivity contribution is 0.347. The third-order valence-corrected chi connectivity index (χ3v) is 4.18. The number of nitrogens with one attached hydrogen (secondary N) is 1. The zero-order valence-corrected chi connectivity index (χ0v) is 12.7. The van der Waals surface area contributed by atoms with E-state index in [1.807, 2.05) is 24.4 Å². The van der Waals surface area contributed by atoms with Gasteiger partial charge in [0.15, 0.2) is 0 Å². The number of methoxy groups -OCH3 is 1. The molecule has 1 N–H and O–H groups in total. The van der Waals surface area contributed by atoms with Crippen LogP contribution in [0.5, 0.6) is 5.75 Å². The highest BCUT2D eigenvalue weighted by molar-refractivity contribution is 5.45. The lowest BCUT2D eigenvalue weighted by atomic mass is 9.99. The molecule has 1 aromatic carbocycles. The predicted molar refractivity (Wildman–Crippen MR) is 83.5 cm³/mol. The fourth-order valence-electron chi connectivity index (χ4n) is 2.98. The molecule has 0 saturated heterocycles. The highest BCUT2D eigenvalue weighted by atomic mass is 16.5. The van der Waals surface area contributed by atoms with Crippen molar-refractivity contribution in [1.82, 2.24) is 14.9 Å². The van der Waals surface area contributed by atoms with E-state index in [1.54, 1.807) is 7.11 Å². The number of rotatable bonds is 5. The molecule has 5 heteroatoms. The fourth-order valence-corrected chi connectivity index (χ4v) is 2.98. The molecule has 0 aliphatic carbocycles. The number of nitriles is 1. The molecule has 1 aliphatic rings. The minimum atomic E-state index is 0.586. The minimum Gasteiger partial charge on any atom is -0.495 e. The van der Waals surface area contributed by atoms with E-state index in [2.05, 4.69) is 27.1 Å². The summed E-state index contributed by atoms with van der Waals surface area (Å²) in [5, 5.41) is 12.6. The first-order valence-electron chi connectivity index (χ1n) is 7.58. The number of benzene rings is 1. The van der Waals surface area contributed by atoms with Crippen LogP contribution in [0.1, 0.15) is 23.4 Å². The molecule has 2 aromatic rings. The van der Waals surface area contributed by atoms with E-state index in [4.69, 9.17) is 10.00 Å². The van der Waals surface area contributed by atoms with Crippen LogP contribution in [0.25, 0.3) is 0 Å². The summed E-state index contributed by atoms with van der Waals surface area (Å²) >= 11 is 0. The van der Waals surface area contributed by atoms with Gasteiger partial charge >= 0.3 is 0 Å². The van der Waals surface area contributed by atoms with Gasteiger partial charge in [0.1, 0.15) is 17.6 Å². The summed E-state index contributed by atoms with van der Waals surface area (Å²) in [5.74, 6) is 2.46. The van der Waals surface area contributed by atoms with Crippen molar-refractivity contribution in [1.29, 1.82) is 5.26 Å². The molecule has 0 radical (unpaired) electrons. The van der Waals surface area contributed by atoms with Crippen molar-refractivity contribution >= 4 is 0 Å². The Morgan fingerprint density at radius 2 is 2.41 bits per heavy atom. The molecule has 22 heavy (non-hydrogen) atoms. The number of aromatic nitrogens is 2. The maximum atomic E-state index is 9.12. The monoisotopic (exact) mass is 296 g/mol. The van der Waals surface area contributed by atoms with Crippen LogP contribution < -0.4 is 10.1 Å². The van der Waals surface area contributed by atoms with E-state index in [-0.39, 0.29) is 0 Å². The summed E-state index contributed by atoms with van der Waals surface area (Å²) < 4.78 is 7.41. The molecule has 2 heterocycles. The van der Waals surface area contributed by atoms with Crippen LogP contribution in [0.15, 0.2) is 30.6 Å². The lowest BCUT2D eigenvalue weighted by Crippen LogP contribution is -2.29. The smallest absolute Gasteiger partial charge is 0.136 e. The Labute approximate surface area is 130 Å². The molecule has 0 bridgehead atoms. The standard InChI is InChI=1S/C17H20N4O/c1-22-16-4-2-13(8-15(16)9-18)10-19-11-14-3-5-17-20-6-7-21(17)12-14/h2,4,6-8,14,19H,3,5,10-12H2,1H3. The average molecular weight is 296 g/mol. The first-order valence-corrected chi connectivity index (χ1v) is 7.58. The Balaban J connectivity index is 1.53.